The third-order valence-corrected chi connectivity index (χ3v) is 3.30. The number of amides is 2. The molecular formula is C16H21N3O3. The van der Waals surface area contributed by atoms with Crippen LogP contribution in [0.1, 0.15) is 18.9 Å². The van der Waals surface area contributed by atoms with Crippen molar-refractivity contribution in [1.29, 1.82) is 0 Å². The Bertz CT molecular complexity index is 569. The van der Waals surface area contributed by atoms with Crippen molar-refractivity contribution in [3.8, 4) is 0 Å². The molecule has 0 radical (unpaired) electrons. The molecule has 118 valence electrons. The quantitative estimate of drug-likeness (QED) is 0.656. The number of hydroxylamine groups is 2. The minimum absolute atomic E-state index is 0.102. The van der Waals surface area contributed by atoms with Crippen LogP contribution in [0.25, 0.3) is 6.08 Å². The second-order valence-corrected chi connectivity index (χ2v) is 5.29. The fourth-order valence-electron chi connectivity index (χ4n) is 2.16. The number of nitrogens with one attached hydrogen (secondary N) is 1. The van der Waals surface area contributed by atoms with E-state index in [9.17, 15) is 9.59 Å². The first-order valence-corrected chi connectivity index (χ1v) is 7.23. The molecule has 2 rings (SSSR count). The maximum absolute atomic E-state index is 12.4. The zero-order valence-electron chi connectivity index (χ0n) is 13.1. The standard InChI is InChI=1S/C16H21N3O3/c1-4-15(18(2)3)22-19-11-14(20)17-13(16(19)21)10-12-8-6-5-7-9-12/h5-10,15H,4,11H2,1-3H3,(H,17,20)/b13-10+. The average molecular weight is 303 g/mol. The van der Waals surface area contributed by atoms with Crippen LogP contribution in [0, 0.1) is 0 Å². The Kier molecular flexibility index (Phi) is 5.30. The Morgan fingerprint density at radius 3 is 2.59 bits per heavy atom. The lowest BCUT2D eigenvalue weighted by atomic mass is 10.1. The third kappa shape index (κ3) is 3.93. The van der Waals surface area contributed by atoms with Crippen LogP contribution in [-0.4, -0.2) is 48.6 Å². The van der Waals surface area contributed by atoms with E-state index in [1.807, 2.05) is 56.3 Å². The molecule has 1 N–H and O–H groups in total. The van der Waals surface area contributed by atoms with Crippen LogP contribution in [0.5, 0.6) is 0 Å². The van der Waals surface area contributed by atoms with E-state index in [0.717, 1.165) is 10.6 Å². The number of hydrogen-bond donors (Lipinski definition) is 1. The van der Waals surface area contributed by atoms with Crippen LogP contribution >= 0.6 is 0 Å². The molecule has 0 spiro atoms. The van der Waals surface area contributed by atoms with Crippen molar-refractivity contribution in [1.82, 2.24) is 15.3 Å². The molecule has 1 aliphatic rings. The number of benzene rings is 1. The van der Waals surface area contributed by atoms with Gasteiger partial charge >= 0.3 is 0 Å². The maximum atomic E-state index is 12.4. The monoisotopic (exact) mass is 303 g/mol. The summed E-state index contributed by atoms with van der Waals surface area (Å²) in [6.45, 7) is 1.86. The van der Waals surface area contributed by atoms with Gasteiger partial charge in [0, 0.05) is 0 Å². The Morgan fingerprint density at radius 1 is 1.32 bits per heavy atom. The summed E-state index contributed by atoms with van der Waals surface area (Å²) >= 11 is 0. The topological polar surface area (TPSA) is 61.9 Å². The molecule has 1 atom stereocenters. The lowest BCUT2D eigenvalue weighted by Gasteiger charge is -2.32. The first-order chi connectivity index (χ1) is 10.5. The highest BCUT2D eigenvalue weighted by Gasteiger charge is 2.31. The number of rotatable bonds is 5. The van der Waals surface area contributed by atoms with Crippen molar-refractivity contribution in [2.75, 3.05) is 20.6 Å². The van der Waals surface area contributed by atoms with Gasteiger partial charge in [-0.05, 0) is 32.2 Å². The summed E-state index contributed by atoms with van der Waals surface area (Å²) in [6.07, 6.45) is 2.09. The molecular weight excluding hydrogens is 282 g/mol. The third-order valence-electron chi connectivity index (χ3n) is 3.30. The van der Waals surface area contributed by atoms with Gasteiger partial charge in [-0.25, -0.2) is 5.06 Å². The van der Waals surface area contributed by atoms with Gasteiger partial charge < -0.3 is 5.32 Å². The van der Waals surface area contributed by atoms with Gasteiger partial charge in [-0.15, -0.1) is 0 Å². The number of piperazine rings is 1. The Hall–Kier alpha value is -2.18. The molecule has 0 aromatic heterocycles. The molecule has 1 unspecified atom stereocenters. The summed E-state index contributed by atoms with van der Waals surface area (Å²) in [7, 11) is 3.73. The van der Waals surface area contributed by atoms with E-state index in [0.29, 0.717) is 6.42 Å². The van der Waals surface area contributed by atoms with E-state index >= 15 is 0 Å². The van der Waals surface area contributed by atoms with Crippen molar-refractivity contribution in [3.05, 3.63) is 41.6 Å². The molecule has 6 nitrogen and oxygen atoms in total. The number of nitrogens with zero attached hydrogens (tertiary/aromatic N) is 2. The normalized spacial score (nSPS) is 18.7. The summed E-state index contributed by atoms with van der Waals surface area (Å²) in [6, 6.07) is 9.35. The second-order valence-electron chi connectivity index (χ2n) is 5.29. The molecule has 0 bridgehead atoms. The van der Waals surface area contributed by atoms with Gasteiger partial charge in [0.05, 0.1) is 0 Å². The van der Waals surface area contributed by atoms with Crippen molar-refractivity contribution in [2.24, 2.45) is 0 Å². The predicted octanol–water partition coefficient (Wildman–Crippen LogP) is 1.22. The van der Waals surface area contributed by atoms with Crippen LogP contribution in [0.4, 0.5) is 0 Å². The molecule has 6 heteroatoms. The van der Waals surface area contributed by atoms with Crippen LogP contribution in [-0.2, 0) is 14.4 Å². The van der Waals surface area contributed by atoms with Crippen LogP contribution in [0.2, 0.25) is 0 Å². The second kappa shape index (κ2) is 7.20. The summed E-state index contributed by atoms with van der Waals surface area (Å²) in [4.78, 5) is 31.8. The highest BCUT2D eigenvalue weighted by Crippen LogP contribution is 2.14. The average Bonchev–Trinajstić information content (AvgIpc) is 2.49. The largest absolute Gasteiger partial charge is 0.320 e. The minimum atomic E-state index is -0.344. The van der Waals surface area contributed by atoms with Crippen molar-refractivity contribution < 1.29 is 14.4 Å². The Balaban J connectivity index is 2.18. The minimum Gasteiger partial charge on any atom is -0.320 e. The lowest BCUT2D eigenvalue weighted by Crippen LogP contribution is -2.52. The van der Waals surface area contributed by atoms with E-state index in [-0.39, 0.29) is 30.3 Å². The molecule has 1 saturated heterocycles. The summed E-state index contributed by atoms with van der Waals surface area (Å²) < 4.78 is 0. The molecule has 1 heterocycles. The fraction of sp³-hybridized carbons (Fsp3) is 0.375. The lowest BCUT2D eigenvalue weighted by molar-refractivity contribution is -0.229. The summed E-state index contributed by atoms with van der Waals surface area (Å²) in [5, 5.41) is 3.73. The predicted molar refractivity (Wildman–Crippen MR) is 83.1 cm³/mol. The number of carbonyl (C=O) groups excluding carboxylic acids is 2. The Labute approximate surface area is 130 Å². The zero-order valence-corrected chi connectivity index (χ0v) is 13.1. The van der Waals surface area contributed by atoms with E-state index in [1.165, 1.54) is 0 Å². The summed E-state index contributed by atoms with van der Waals surface area (Å²) in [5.74, 6) is -0.612. The fourth-order valence-corrected chi connectivity index (χ4v) is 2.16. The molecule has 1 aliphatic heterocycles. The number of hydrogen-bond acceptors (Lipinski definition) is 4. The first-order valence-electron chi connectivity index (χ1n) is 7.23. The molecule has 1 fully saturated rings. The number of carbonyl (C=O) groups is 2. The van der Waals surface area contributed by atoms with E-state index < -0.39 is 0 Å². The van der Waals surface area contributed by atoms with E-state index in [2.05, 4.69) is 5.32 Å². The van der Waals surface area contributed by atoms with Gasteiger partial charge in [-0.3, -0.25) is 19.3 Å². The van der Waals surface area contributed by atoms with Crippen LogP contribution in [0.3, 0.4) is 0 Å². The zero-order chi connectivity index (χ0) is 16.1. The molecule has 0 aliphatic carbocycles. The van der Waals surface area contributed by atoms with Crippen LogP contribution < -0.4 is 5.32 Å². The Morgan fingerprint density at radius 2 is 2.00 bits per heavy atom. The van der Waals surface area contributed by atoms with Crippen molar-refractivity contribution in [3.63, 3.8) is 0 Å². The first kappa shape index (κ1) is 16.2. The van der Waals surface area contributed by atoms with Gasteiger partial charge in [0.1, 0.15) is 18.5 Å². The van der Waals surface area contributed by atoms with Gasteiger partial charge in [0.25, 0.3) is 5.91 Å². The molecule has 22 heavy (non-hydrogen) atoms. The maximum Gasteiger partial charge on any atom is 0.294 e. The van der Waals surface area contributed by atoms with Crippen molar-refractivity contribution in [2.45, 2.75) is 19.6 Å². The van der Waals surface area contributed by atoms with Gasteiger partial charge in [0.2, 0.25) is 5.91 Å². The SMILES string of the molecule is CCC(ON1CC(=O)N/C(=C/c2ccccc2)C1=O)N(C)C. The highest BCUT2D eigenvalue weighted by molar-refractivity contribution is 6.05. The van der Waals surface area contributed by atoms with Gasteiger partial charge in [0.15, 0.2) is 0 Å². The highest BCUT2D eigenvalue weighted by atomic mass is 16.7. The summed E-state index contributed by atoms with van der Waals surface area (Å²) in [5.41, 5.74) is 1.06. The molecule has 1 aromatic rings. The molecule has 1 aromatic carbocycles. The van der Waals surface area contributed by atoms with Gasteiger partial charge in [-0.1, -0.05) is 37.3 Å². The molecule has 0 saturated carbocycles. The smallest absolute Gasteiger partial charge is 0.294 e. The van der Waals surface area contributed by atoms with Crippen molar-refractivity contribution >= 4 is 17.9 Å². The van der Waals surface area contributed by atoms with Gasteiger partial charge in [-0.2, -0.15) is 0 Å². The van der Waals surface area contributed by atoms with E-state index in [4.69, 9.17) is 4.84 Å². The van der Waals surface area contributed by atoms with E-state index in [1.54, 1.807) is 6.08 Å². The van der Waals surface area contributed by atoms with Crippen LogP contribution in [0.15, 0.2) is 36.0 Å². The molecule has 2 amide bonds.